The Bertz CT molecular complexity index is 352. The fourth-order valence-electron chi connectivity index (χ4n) is 0.764. The third-order valence-corrected chi connectivity index (χ3v) is 2.12. The van der Waals surface area contributed by atoms with Gasteiger partial charge in [0.15, 0.2) is 0 Å². The number of hydrogen-bond donors (Lipinski definition) is 0. The van der Waals surface area contributed by atoms with E-state index < -0.39 is 0 Å². The highest BCUT2D eigenvalue weighted by molar-refractivity contribution is 9.10. The fraction of sp³-hybridized carbons (Fsp3) is 0. The van der Waals surface area contributed by atoms with Crippen molar-refractivity contribution in [1.29, 1.82) is 5.26 Å². The number of rotatable bonds is 1. The van der Waals surface area contributed by atoms with Gasteiger partial charge in [-0.1, -0.05) is 33.6 Å². The second kappa shape index (κ2) is 4.30. The lowest BCUT2D eigenvalue weighted by Gasteiger charge is -1.96. The second-order valence-electron chi connectivity index (χ2n) is 2.13. The summed E-state index contributed by atoms with van der Waals surface area (Å²) in [7, 11) is 0. The Kier molecular flexibility index (Phi) is 3.33. The molecule has 12 heavy (non-hydrogen) atoms. The van der Waals surface area contributed by atoms with Crippen LogP contribution >= 0.6 is 27.5 Å². The van der Waals surface area contributed by atoms with Gasteiger partial charge in [-0.3, -0.25) is 0 Å². The molecule has 0 heterocycles. The summed E-state index contributed by atoms with van der Waals surface area (Å²) in [5, 5.41) is 8.92. The van der Waals surface area contributed by atoms with Gasteiger partial charge >= 0.3 is 0 Å². The molecule has 1 aromatic rings. The van der Waals surface area contributed by atoms with Crippen LogP contribution in [0.15, 0.2) is 28.7 Å². The Morgan fingerprint density at radius 1 is 1.50 bits per heavy atom. The summed E-state index contributed by atoms with van der Waals surface area (Å²) in [6.07, 6.45) is 3.07. The third-order valence-electron chi connectivity index (χ3n) is 1.30. The van der Waals surface area contributed by atoms with Gasteiger partial charge in [0.25, 0.3) is 0 Å². The summed E-state index contributed by atoms with van der Waals surface area (Å²) in [5.41, 5.74) is 0.849. The Morgan fingerprint density at radius 3 is 2.83 bits per heavy atom. The predicted octanol–water partition coefficient (Wildman–Crippen LogP) is 3.64. The predicted molar refractivity (Wildman–Crippen MR) is 53.8 cm³/mol. The van der Waals surface area contributed by atoms with E-state index in [-0.39, 0.29) is 0 Å². The number of hydrogen-bond acceptors (Lipinski definition) is 1. The van der Waals surface area contributed by atoms with E-state index in [0.717, 1.165) is 10.0 Å². The summed E-state index contributed by atoms with van der Waals surface area (Å²) >= 11 is 9.17. The molecule has 1 rings (SSSR count). The maximum Gasteiger partial charge on any atom is 0.0912 e. The van der Waals surface area contributed by atoms with Crippen LogP contribution in [0.1, 0.15) is 5.56 Å². The standard InChI is InChI=1S/C9H5BrClN/c10-8-4-3-7(2-1-5-12)9(11)6-8/h1-4,6H. The van der Waals surface area contributed by atoms with E-state index in [2.05, 4.69) is 15.9 Å². The number of halogens is 2. The van der Waals surface area contributed by atoms with Crippen LogP contribution in [0.5, 0.6) is 0 Å². The molecule has 0 N–H and O–H groups in total. The Labute approximate surface area is 84.4 Å². The van der Waals surface area contributed by atoms with Crippen molar-refractivity contribution >= 4 is 33.6 Å². The average molecular weight is 243 g/mol. The highest BCUT2D eigenvalue weighted by Gasteiger charge is 1.95. The van der Waals surface area contributed by atoms with Crippen LogP contribution in [0, 0.1) is 11.3 Å². The van der Waals surface area contributed by atoms with Gasteiger partial charge in [0.05, 0.1) is 6.07 Å². The van der Waals surface area contributed by atoms with Crippen molar-refractivity contribution in [1.82, 2.24) is 0 Å². The van der Waals surface area contributed by atoms with E-state index in [4.69, 9.17) is 16.9 Å². The maximum absolute atomic E-state index is 8.28. The smallest absolute Gasteiger partial charge is 0.0912 e. The zero-order valence-corrected chi connectivity index (χ0v) is 8.43. The Hall–Kier alpha value is -0.780. The maximum atomic E-state index is 8.28. The highest BCUT2D eigenvalue weighted by atomic mass is 79.9. The topological polar surface area (TPSA) is 23.8 Å². The van der Waals surface area contributed by atoms with Crippen molar-refractivity contribution in [3.63, 3.8) is 0 Å². The minimum Gasteiger partial charge on any atom is -0.193 e. The van der Waals surface area contributed by atoms with Gasteiger partial charge in [-0.15, -0.1) is 0 Å². The summed E-state index contributed by atoms with van der Waals surface area (Å²) in [6.45, 7) is 0. The van der Waals surface area contributed by atoms with Gasteiger partial charge in [0.1, 0.15) is 0 Å². The zero-order valence-electron chi connectivity index (χ0n) is 6.09. The molecule has 0 saturated heterocycles. The normalized spacial score (nSPS) is 10.1. The van der Waals surface area contributed by atoms with Crippen molar-refractivity contribution < 1.29 is 0 Å². The fourth-order valence-corrected chi connectivity index (χ4v) is 1.50. The van der Waals surface area contributed by atoms with E-state index in [1.54, 1.807) is 12.1 Å². The SMILES string of the molecule is N#CC=Cc1ccc(Br)cc1Cl. The molecular weight excluding hydrogens is 237 g/mol. The van der Waals surface area contributed by atoms with Crippen molar-refractivity contribution in [2.24, 2.45) is 0 Å². The molecule has 0 atom stereocenters. The van der Waals surface area contributed by atoms with Crippen molar-refractivity contribution in [2.45, 2.75) is 0 Å². The first-order valence-corrected chi connectivity index (χ1v) is 4.42. The van der Waals surface area contributed by atoms with Crippen molar-refractivity contribution in [3.05, 3.63) is 39.3 Å². The first kappa shape index (κ1) is 9.31. The van der Waals surface area contributed by atoms with Crippen LogP contribution in [0.4, 0.5) is 0 Å². The minimum atomic E-state index is 0.635. The molecular formula is C9H5BrClN. The minimum absolute atomic E-state index is 0.635. The Morgan fingerprint density at radius 2 is 2.25 bits per heavy atom. The Balaban J connectivity index is 3.03. The summed E-state index contributed by atoms with van der Waals surface area (Å²) in [6, 6.07) is 7.42. The van der Waals surface area contributed by atoms with E-state index in [0.29, 0.717) is 5.02 Å². The lowest BCUT2D eigenvalue weighted by Crippen LogP contribution is -1.74. The van der Waals surface area contributed by atoms with Crippen LogP contribution in [0.3, 0.4) is 0 Å². The first-order chi connectivity index (χ1) is 5.74. The van der Waals surface area contributed by atoms with E-state index >= 15 is 0 Å². The molecule has 1 aromatic carbocycles. The van der Waals surface area contributed by atoms with E-state index in [9.17, 15) is 0 Å². The molecule has 0 spiro atoms. The average Bonchev–Trinajstić information content (AvgIpc) is 2.03. The number of benzene rings is 1. The van der Waals surface area contributed by atoms with Gasteiger partial charge in [-0.05, 0) is 23.8 Å². The van der Waals surface area contributed by atoms with E-state index in [1.165, 1.54) is 6.08 Å². The van der Waals surface area contributed by atoms with Crippen LogP contribution in [0.25, 0.3) is 6.08 Å². The molecule has 0 unspecified atom stereocenters. The van der Waals surface area contributed by atoms with Crippen molar-refractivity contribution in [3.8, 4) is 6.07 Å². The molecule has 0 aromatic heterocycles. The molecule has 0 aliphatic carbocycles. The largest absolute Gasteiger partial charge is 0.193 e. The monoisotopic (exact) mass is 241 g/mol. The lowest BCUT2D eigenvalue weighted by molar-refractivity contribution is 1.53. The van der Waals surface area contributed by atoms with Crippen LogP contribution in [-0.4, -0.2) is 0 Å². The summed E-state index contributed by atoms with van der Waals surface area (Å²) in [4.78, 5) is 0. The molecule has 60 valence electrons. The molecule has 0 amide bonds. The van der Waals surface area contributed by atoms with Crippen molar-refractivity contribution in [2.75, 3.05) is 0 Å². The first-order valence-electron chi connectivity index (χ1n) is 3.25. The molecule has 0 aliphatic heterocycles. The van der Waals surface area contributed by atoms with Crippen LogP contribution < -0.4 is 0 Å². The second-order valence-corrected chi connectivity index (χ2v) is 3.45. The zero-order chi connectivity index (χ0) is 8.97. The van der Waals surface area contributed by atoms with Crippen LogP contribution in [-0.2, 0) is 0 Å². The lowest BCUT2D eigenvalue weighted by atomic mass is 10.2. The quantitative estimate of drug-likeness (QED) is 0.690. The summed E-state index contributed by atoms with van der Waals surface area (Å²) < 4.78 is 0.932. The van der Waals surface area contributed by atoms with Gasteiger partial charge in [0, 0.05) is 15.6 Å². The molecule has 0 fully saturated rings. The van der Waals surface area contributed by atoms with Gasteiger partial charge in [0.2, 0.25) is 0 Å². The molecule has 0 radical (unpaired) electrons. The molecule has 0 saturated carbocycles. The third kappa shape index (κ3) is 2.37. The van der Waals surface area contributed by atoms with E-state index in [1.807, 2.05) is 18.2 Å². The number of allylic oxidation sites excluding steroid dienone is 1. The van der Waals surface area contributed by atoms with Crippen LogP contribution in [0.2, 0.25) is 5.02 Å². The molecule has 0 bridgehead atoms. The number of nitriles is 1. The number of nitrogens with zero attached hydrogens (tertiary/aromatic N) is 1. The molecule has 1 nitrogen and oxygen atoms in total. The van der Waals surface area contributed by atoms with Gasteiger partial charge in [-0.25, -0.2) is 0 Å². The van der Waals surface area contributed by atoms with Gasteiger partial charge in [-0.2, -0.15) is 5.26 Å². The molecule has 3 heteroatoms. The highest BCUT2D eigenvalue weighted by Crippen LogP contribution is 2.22. The molecule has 0 aliphatic rings. The van der Waals surface area contributed by atoms with Gasteiger partial charge < -0.3 is 0 Å². The summed E-state index contributed by atoms with van der Waals surface area (Å²) in [5.74, 6) is 0.